The van der Waals surface area contributed by atoms with Gasteiger partial charge in [0, 0.05) is 12.1 Å². The van der Waals surface area contributed by atoms with Crippen LogP contribution in [0.1, 0.15) is 60.3 Å². The van der Waals surface area contributed by atoms with Crippen molar-refractivity contribution in [1.82, 2.24) is 4.90 Å². The summed E-state index contributed by atoms with van der Waals surface area (Å²) in [4.78, 5) is 2.41. The summed E-state index contributed by atoms with van der Waals surface area (Å²) in [5.74, 6) is 0. The molecule has 0 amide bonds. The van der Waals surface area contributed by atoms with Gasteiger partial charge in [-0.1, -0.05) is 25.8 Å². The number of hydrogen-bond donors (Lipinski definition) is 0. The molecule has 0 saturated heterocycles. The fourth-order valence-electron chi connectivity index (χ4n) is 1.65. The predicted octanol–water partition coefficient (Wildman–Crippen LogP) is 4.20. The minimum atomic E-state index is 0.609. The Bertz CT molecular complexity index is 139. The highest BCUT2D eigenvalue weighted by Crippen LogP contribution is 2.07. The van der Waals surface area contributed by atoms with Crippen molar-refractivity contribution in [3.63, 3.8) is 0 Å². The van der Waals surface area contributed by atoms with E-state index in [9.17, 15) is 0 Å². The molecule has 0 aromatic heterocycles. The first-order valence-electron chi connectivity index (χ1n) is 6.03. The summed E-state index contributed by atoms with van der Waals surface area (Å²) in [7, 11) is 0. The normalized spacial score (nSPS) is 11.9. The Morgan fingerprint density at radius 1 is 1.00 bits per heavy atom. The molecule has 0 aliphatic heterocycles. The van der Waals surface area contributed by atoms with Gasteiger partial charge in [0.05, 0.1) is 0 Å². The van der Waals surface area contributed by atoms with Crippen LogP contribution < -0.4 is 0 Å². The molecule has 14 heavy (non-hydrogen) atoms. The summed E-state index contributed by atoms with van der Waals surface area (Å²) in [5.41, 5.74) is 0. The maximum absolute atomic E-state index is 2.41. The molecule has 0 atom stereocenters. The van der Waals surface area contributed by atoms with Gasteiger partial charge in [-0.15, -0.1) is 0 Å². The lowest BCUT2D eigenvalue weighted by Gasteiger charge is -2.29. The molecule has 0 rings (SSSR count). The molecule has 84 valence electrons. The first-order chi connectivity index (χ1) is 6.59. The van der Waals surface area contributed by atoms with E-state index in [1.54, 1.807) is 0 Å². The minimum Gasteiger partial charge on any atom is -0.373 e. The Balaban J connectivity index is 3.79. The van der Waals surface area contributed by atoms with E-state index in [1.807, 2.05) is 0 Å². The second kappa shape index (κ2) is 7.90. The second-order valence-corrected chi connectivity index (χ2v) is 4.52. The standard InChI is InChI=1S/C13H27N/c1-6-7-8-9-10-11-14(12(2)3)13(4)5/h10-13H,6-9H2,1-5H3. The summed E-state index contributed by atoms with van der Waals surface area (Å²) in [5, 5.41) is 0. The van der Waals surface area contributed by atoms with Gasteiger partial charge in [-0.05, 0) is 46.7 Å². The van der Waals surface area contributed by atoms with E-state index in [-0.39, 0.29) is 0 Å². The van der Waals surface area contributed by atoms with Crippen molar-refractivity contribution in [3.8, 4) is 0 Å². The van der Waals surface area contributed by atoms with E-state index in [2.05, 4.69) is 51.8 Å². The zero-order valence-electron chi connectivity index (χ0n) is 10.6. The fourth-order valence-corrected chi connectivity index (χ4v) is 1.65. The molecule has 0 bridgehead atoms. The molecule has 0 fully saturated rings. The highest BCUT2D eigenvalue weighted by Gasteiger charge is 2.06. The molecule has 0 unspecified atom stereocenters. The van der Waals surface area contributed by atoms with Gasteiger partial charge in [0.15, 0.2) is 0 Å². The van der Waals surface area contributed by atoms with Gasteiger partial charge in [-0.25, -0.2) is 0 Å². The minimum absolute atomic E-state index is 0.609. The SMILES string of the molecule is CCCCCC=CN(C(C)C)C(C)C. The fraction of sp³-hybridized carbons (Fsp3) is 0.846. The number of hydrogen-bond acceptors (Lipinski definition) is 1. The highest BCUT2D eigenvalue weighted by atomic mass is 15.1. The van der Waals surface area contributed by atoms with Gasteiger partial charge < -0.3 is 4.90 Å². The van der Waals surface area contributed by atoms with Crippen molar-refractivity contribution >= 4 is 0 Å². The molecule has 0 aromatic rings. The first kappa shape index (κ1) is 13.5. The van der Waals surface area contributed by atoms with E-state index in [0.29, 0.717) is 12.1 Å². The van der Waals surface area contributed by atoms with Crippen LogP contribution in [0.2, 0.25) is 0 Å². The molecule has 1 nitrogen and oxygen atoms in total. The molecule has 0 N–H and O–H groups in total. The van der Waals surface area contributed by atoms with Gasteiger partial charge >= 0.3 is 0 Å². The second-order valence-electron chi connectivity index (χ2n) is 4.52. The van der Waals surface area contributed by atoms with Crippen molar-refractivity contribution in [3.05, 3.63) is 12.3 Å². The van der Waals surface area contributed by atoms with E-state index in [0.717, 1.165) is 0 Å². The molecule has 0 radical (unpaired) electrons. The molecular formula is C13H27N. The molecule has 0 aliphatic carbocycles. The molecular weight excluding hydrogens is 170 g/mol. The number of unbranched alkanes of at least 4 members (excludes halogenated alkanes) is 3. The summed E-state index contributed by atoms with van der Waals surface area (Å²) < 4.78 is 0. The lowest BCUT2D eigenvalue weighted by molar-refractivity contribution is 0.255. The van der Waals surface area contributed by atoms with Crippen molar-refractivity contribution in [1.29, 1.82) is 0 Å². The summed E-state index contributed by atoms with van der Waals surface area (Å²) in [6.07, 6.45) is 9.81. The molecule has 0 saturated carbocycles. The number of nitrogens with zero attached hydrogens (tertiary/aromatic N) is 1. The van der Waals surface area contributed by atoms with Crippen LogP contribution in [0.25, 0.3) is 0 Å². The maximum Gasteiger partial charge on any atom is 0.0230 e. The van der Waals surface area contributed by atoms with Crippen molar-refractivity contribution < 1.29 is 0 Å². The monoisotopic (exact) mass is 197 g/mol. The van der Waals surface area contributed by atoms with Gasteiger partial charge in [-0.2, -0.15) is 0 Å². The maximum atomic E-state index is 2.41. The highest BCUT2D eigenvalue weighted by molar-refractivity contribution is 4.86. The molecule has 0 aliphatic rings. The predicted molar refractivity (Wildman–Crippen MR) is 65.4 cm³/mol. The molecule has 1 heteroatoms. The van der Waals surface area contributed by atoms with Crippen LogP contribution in [0.15, 0.2) is 12.3 Å². The van der Waals surface area contributed by atoms with E-state index < -0.39 is 0 Å². The Labute approximate surface area is 90.2 Å². The largest absolute Gasteiger partial charge is 0.373 e. The zero-order chi connectivity index (χ0) is 11.0. The van der Waals surface area contributed by atoms with Gasteiger partial charge in [0.2, 0.25) is 0 Å². The Hall–Kier alpha value is -0.460. The van der Waals surface area contributed by atoms with E-state index in [1.165, 1.54) is 25.7 Å². The Kier molecular flexibility index (Phi) is 7.64. The average molecular weight is 197 g/mol. The summed E-state index contributed by atoms with van der Waals surface area (Å²) in [6.45, 7) is 11.2. The first-order valence-corrected chi connectivity index (χ1v) is 6.03. The van der Waals surface area contributed by atoms with Gasteiger partial charge in [0.1, 0.15) is 0 Å². The van der Waals surface area contributed by atoms with Crippen molar-refractivity contribution in [2.75, 3.05) is 0 Å². The van der Waals surface area contributed by atoms with E-state index in [4.69, 9.17) is 0 Å². The quantitative estimate of drug-likeness (QED) is 0.553. The van der Waals surface area contributed by atoms with Gasteiger partial charge in [0.25, 0.3) is 0 Å². The third-order valence-electron chi connectivity index (χ3n) is 2.44. The van der Waals surface area contributed by atoms with Crippen LogP contribution in [0.3, 0.4) is 0 Å². The third-order valence-corrected chi connectivity index (χ3v) is 2.44. The average Bonchev–Trinajstić information content (AvgIpc) is 2.09. The summed E-state index contributed by atoms with van der Waals surface area (Å²) in [6, 6.07) is 1.22. The summed E-state index contributed by atoms with van der Waals surface area (Å²) >= 11 is 0. The van der Waals surface area contributed by atoms with Crippen molar-refractivity contribution in [2.45, 2.75) is 72.4 Å². The molecule has 0 aromatic carbocycles. The zero-order valence-corrected chi connectivity index (χ0v) is 10.6. The van der Waals surface area contributed by atoms with Gasteiger partial charge in [-0.3, -0.25) is 0 Å². The van der Waals surface area contributed by atoms with Crippen molar-refractivity contribution in [2.24, 2.45) is 0 Å². The number of allylic oxidation sites excluding steroid dienone is 1. The molecule has 0 spiro atoms. The van der Waals surface area contributed by atoms with Crippen LogP contribution in [-0.4, -0.2) is 17.0 Å². The van der Waals surface area contributed by atoms with Crippen LogP contribution in [0, 0.1) is 0 Å². The van der Waals surface area contributed by atoms with E-state index >= 15 is 0 Å². The van der Waals surface area contributed by atoms with Crippen LogP contribution in [0.5, 0.6) is 0 Å². The lowest BCUT2D eigenvalue weighted by atomic mass is 10.2. The number of rotatable bonds is 7. The Morgan fingerprint density at radius 3 is 2.00 bits per heavy atom. The topological polar surface area (TPSA) is 3.24 Å². The molecule has 0 heterocycles. The third kappa shape index (κ3) is 6.06. The smallest absolute Gasteiger partial charge is 0.0230 e. The van der Waals surface area contributed by atoms with Crippen LogP contribution >= 0.6 is 0 Å². The lowest BCUT2D eigenvalue weighted by Crippen LogP contribution is -2.31. The Morgan fingerprint density at radius 2 is 1.57 bits per heavy atom. The van der Waals surface area contributed by atoms with Crippen LogP contribution in [0.4, 0.5) is 0 Å². The van der Waals surface area contributed by atoms with Crippen LogP contribution in [-0.2, 0) is 0 Å².